The molecule has 0 aliphatic heterocycles. The maximum atomic E-state index is 9.65. The van der Waals surface area contributed by atoms with Crippen molar-refractivity contribution in [3.63, 3.8) is 0 Å². The van der Waals surface area contributed by atoms with Crippen LogP contribution in [0.2, 0.25) is 0 Å². The Kier molecular flexibility index (Phi) is 7.59. The highest BCUT2D eigenvalue weighted by Crippen LogP contribution is 2.23. The number of carboxylic acid groups (broad SMARTS) is 1. The molecule has 1 aromatic carbocycles. The summed E-state index contributed by atoms with van der Waals surface area (Å²) in [6, 6.07) is 5.83. The van der Waals surface area contributed by atoms with Crippen LogP contribution in [-0.4, -0.2) is 16.3 Å². The molecule has 0 aromatic heterocycles. The first kappa shape index (κ1) is 15.3. The van der Waals surface area contributed by atoms with Crippen LogP contribution < -0.4 is 5.73 Å². The summed E-state index contributed by atoms with van der Waals surface area (Å²) >= 11 is 0. The second-order valence-corrected chi connectivity index (χ2v) is 3.75. The number of phenolic OH excluding ortho intramolecular Hbond substituents is 1. The normalized spacial score (nSPS) is 9.29. The number of primary amides is 1. The first-order valence-electron chi connectivity index (χ1n) is 5.81. The van der Waals surface area contributed by atoms with Gasteiger partial charge in [0.1, 0.15) is 5.75 Å². The molecule has 1 aromatic rings. The minimum Gasteiger partial charge on any atom is -0.508 e. The van der Waals surface area contributed by atoms with Crippen molar-refractivity contribution in [2.75, 3.05) is 0 Å². The molecule has 4 N–H and O–H groups in total. The zero-order valence-electron chi connectivity index (χ0n) is 10.4. The summed E-state index contributed by atoms with van der Waals surface area (Å²) in [6.07, 6.45) is 2.96. The first-order chi connectivity index (χ1) is 8.02. The van der Waals surface area contributed by atoms with Gasteiger partial charge in [-0.25, -0.2) is 4.79 Å². The van der Waals surface area contributed by atoms with E-state index in [0.717, 1.165) is 31.2 Å². The van der Waals surface area contributed by atoms with Crippen LogP contribution in [0, 0.1) is 0 Å². The van der Waals surface area contributed by atoms with Crippen molar-refractivity contribution in [2.45, 2.75) is 39.5 Å². The van der Waals surface area contributed by atoms with Gasteiger partial charge in [-0.05, 0) is 30.0 Å². The number of aryl methyl sites for hydroxylation is 1. The maximum Gasteiger partial charge on any atom is 0.402 e. The van der Waals surface area contributed by atoms with Gasteiger partial charge in [0.25, 0.3) is 0 Å². The van der Waals surface area contributed by atoms with Gasteiger partial charge < -0.3 is 15.9 Å². The summed E-state index contributed by atoms with van der Waals surface area (Å²) < 4.78 is 0. The van der Waals surface area contributed by atoms with E-state index in [4.69, 9.17) is 9.90 Å². The Bertz CT molecular complexity index is 347. The van der Waals surface area contributed by atoms with E-state index in [1.807, 2.05) is 6.07 Å². The molecule has 0 aliphatic rings. The molecule has 0 fully saturated rings. The van der Waals surface area contributed by atoms with E-state index in [0.29, 0.717) is 5.75 Å². The zero-order valence-corrected chi connectivity index (χ0v) is 10.4. The molecule has 0 unspecified atom stereocenters. The van der Waals surface area contributed by atoms with Crippen LogP contribution in [0.25, 0.3) is 0 Å². The topological polar surface area (TPSA) is 83.5 Å². The molecule has 4 nitrogen and oxygen atoms in total. The lowest BCUT2D eigenvalue weighted by Gasteiger charge is -2.09. The highest BCUT2D eigenvalue weighted by molar-refractivity contribution is 5.61. The summed E-state index contributed by atoms with van der Waals surface area (Å²) in [7, 11) is 0. The number of carbonyl (C=O) groups is 1. The number of amides is 1. The minimum absolute atomic E-state index is 0.466. The van der Waals surface area contributed by atoms with Crippen LogP contribution in [0.5, 0.6) is 5.75 Å². The SMILES string of the molecule is CCCc1cccc(O)c1CCC.NC(=O)O. The molecule has 0 saturated heterocycles. The fourth-order valence-corrected chi connectivity index (χ4v) is 1.66. The average molecular weight is 239 g/mol. The highest BCUT2D eigenvalue weighted by atomic mass is 16.4. The van der Waals surface area contributed by atoms with Crippen LogP contribution in [-0.2, 0) is 12.8 Å². The van der Waals surface area contributed by atoms with Gasteiger partial charge in [-0.15, -0.1) is 0 Å². The van der Waals surface area contributed by atoms with E-state index in [9.17, 15) is 5.11 Å². The predicted octanol–water partition coefficient (Wildman–Crippen LogP) is 2.92. The molecular weight excluding hydrogens is 218 g/mol. The molecule has 0 heterocycles. The fraction of sp³-hybridized carbons (Fsp3) is 0.462. The third kappa shape index (κ3) is 6.45. The van der Waals surface area contributed by atoms with Crippen LogP contribution >= 0.6 is 0 Å². The monoisotopic (exact) mass is 239 g/mol. The first-order valence-corrected chi connectivity index (χ1v) is 5.81. The number of hydrogen-bond donors (Lipinski definition) is 3. The Balaban J connectivity index is 0.000000557. The predicted molar refractivity (Wildman–Crippen MR) is 68.3 cm³/mol. The second kappa shape index (κ2) is 8.44. The van der Waals surface area contributed by atoms with Crippen LogP contribution in [0.15, 0.2) is 18.2 Å². The Morgan fingerprint density at radius 3 is 2.24 bits per heavy atom. The molecule has 0 aliphatic carbocycles. The zero-order chi connectivity index (χ0) is 13.3. The number of benzene rings is 1. The van der Waals surface area contributed by atoms with Crippen LogP contribution in [0.3, 0.4) is 0 Å². The molecule has 0 saturated carbocycles. The molecule has 0 spiro atoms. The van der Waals surface area contributed by atoms with E-state index in [1.165, 1.54) is 5.56 Å². The van der Waals surface area contributed by atoms with E-state index >= 15 is 0 Å². The van der Waals surface area contributed by atoms with Crippen molar-refractivity contribution in [1.82, 2.24) is 0 Å². The third-order valence-electron chi connectivity index (χ3n) is 2.27. The number of aromatic hydroxyl groups is 1. The van der Waals surface area contributed by atoms with Crippen molar-refractivity contribution in [1.29, 1.82) is 0 Å². The molecule has 0 atom stereocenters. The summed E-state index contributed by atoms with van der Waals surface area (Å²) in [5.74, 6) is 0.466. The van der Waals surface area contributed by atoms with Gasteiger partial charge in [0, 0.05) is 0 Å². The molecule has 0 bridgehead atoms. The Labute approximate surface area is 102 Å². The lowest BCUT2D eigenvalue weighted by Crippen LogP contribution is -2.03. The molecule has 0 radical (unpaired) electrons. The van der Waals surface area contributed by atoms with Gasteiger partial charge >= 0.3 is 6.09 Å². The number of rotatable bonds is 4. The van der Waals surface area contributed by atoms with E-state index in [1.54, 1.807) is 6.07 Å². The van der Waals surface area contributed by atoms with Crippen molar-refractivity contribution < 1.29 is 15.0 Å². The van der Waals surface area contributed by atoms with Crippen LogP contribution in [0.1, 0.15) is 37.8 Å². The highest BCUT2D eigenvalue weighted by Gasteiger charge is 2.04. The molecule has 96 valence electrons. The standard InChI is InChI=1S/C12H18O.CH3NO2/c1-3-6-10-8-5-9-12(13)11(10)7-4-2;2-1(3)4/h5,8-9,13H,3-4,6-7H2,1-2H3;2H2,(H,3,4). The van der Waals surface area contributed by atoms with Gasteiger partial charge in [0.2, 0.25) is 0 Å². The quantitative estimate of drug-likeness (QED) is 0.755. The Hall–Kier alpha value is -1.71. The summed E-state index contributed by atoms with van der Waals surface area (Å²) in [5.41, 5.74) is 6.48. The lowest BCUT2D eigenvalue weighted by atomic mass is 9.99. The second-order valence-electron chi connectivity index (χ2n) is 3.75. The molecular formula is C13H21NO3. The summed E-state index contributed by atoms with van der Waals surface area (Å²) in [6.45, 7) is 4.31. The minimum atomic E-state index is -1.33. The largest absolute Gasteiger partial charge is 0.508 e. The smallest absolute Gasteiger partial charge is 0.402 e. The van der Waals surface area contributed by atoms with Gasteiger partial charge in [-0.1, -0.05) is 38.8 Å². The molecule has 1 amide bonds. The fourth-order valence-electron chi connectivity index (χ4n) is 1.66. The molecule has 17 heavy (non-hydrogen) atoms. The van der Waals surface area contributed by atoms with Crippen molar-refractivity contribution >= 4 is 6.09 Å². The van der Waals surface area contributed by atoms with Gasteiger partial charge in [-0.2, -0.15) is 0 Å². The number of nitrogens with two attached hydrogens (primary N) is 1. The van der Waals surface area contributed by atoms with E-state index in [2.05, 4.69) is 25.6 Å². The average Bonchev–Trinajstić information content (AvgIpc) is 2.23. The summed E-state index contributed by atoms with van der Waals surface area (Å²) in [4.78, 5) is 8.78. The number of phenols is 1. The van der Waals surface area contributed by atoms with Crippen molar-refractivity contribution in [2.24, 2.45) is 5.73 Å². The Morgan fingerprint density at radius 2 is 1.76 bits per heavy atom. The van der Waals surface area contributed by atoms with Gasteiger partial charge in [0.05, 0.1) is 0 Å². The molecule has 4 heteroatoms. The lowest BCUT2D eigenvalue weighted by molar-refractivity contribution is 0.205. The van der Waals surface area contributed by atoms with Crippen LogP contribution in [0.4, 0.5) is 4.79 Å². The maximum absolute atomic E-state index is 9.65. The third-order valence-corrected chi connectivity index (χ3v) is 2.27. The van der Waals surface area contributed by atoms with E-state index < -0.39 is 6.09 Å². The van der Waals surface area contributed by atoms with Crippen molar-refractivity contribution in [3.05, 3.63) is 29.3 Å². The Morgan fingerprint density at radius 1 is 1.24 bits per heavy atom. The molecule has 1 rings (SSSR count). The van der Waals surface area contributed by atoms with Gasteiger partial charge in [-0.3, -0.25) is 0 Å². The summed E-state index contributed by atoms with van der Waals surface area (Å²) in [5, 5.41) is 16.8. The van der Waals surface area contributed by atoms with Crippen molar-refractivity contribution in [3.8, 4) is 5.75 Å². The van der Waals surface area contributed by atoms with Gasteiger partial charge in [0.15, 0.2) is 0 Å². The number of hydrogen-bond acceptors (Lipinski definition) is 2. The van der Waals surface area contributed by atoms with E-state index in [-0.39, 0.29) is 0 Å².